The van der Waals surface area contributed by atoms with Crippen LogP contribution in [0.3, 0.4) is 0 Å². The predicted molar refractivity (Wildman–Crippen MR) is 64.3 cm³/mol. The van der Waals surface area contributed by atoms with Crippen LogP contribution in [0.1, 0.15) is 39.5 Å². The Morgan fingerprint density at radius 2 is 2.00 bits per heavy atom. The number of ether oxygens (including phenoxy) is 1. The highest BCUT2D eigenvalue weighted by Gasteiger charge is 2.20. The molecule has 0 aliphatic heterocycles. The van der Waals surface area contributed by atoms with Crippen molar-refractivity contribution in [2.45, 2.75) is 45.6 Å². The van der Waals surface area contributed by atoms with Crippen molar-refractivity contribution in [2.24, 2.45) is 5.92 Å². The summed E-state index contributed by atoms with van der Waals surface area (Å²) in [6.07, 6.45) is 2.25. The molecule has 0 rings (SSSR count). The zero-order valence-electron chi connectivity index (χ0n) is 10.9. The molecule has 2 unspecified atom stereocenters. The van der Waals surface area contributed by atoms with Gasteiger partial charge >= 0.3 is 5.97 Å². The third-order valence-corrected chi connectivity index (χ3v) is 2.51. The molecule has 0 saturated carbocycles. The van der Waals surface area contributed by atoms with Crippen molar-refractivity contribution in [2.75, 3.05) is 13.7 Å². The molecule has 0 radical (unpaired) electrons. The Balaban J connectivity index is 3.83. The van der Waals surface area contributed by atoms with E-state index in [1.54, 1.807) is 6.92 Å². The standard InChI is InChI=1S/C12H23NO4/c1-9(14)8-11(12(16)17-3)6-4-5-7-13-10(2)15/h9,11,14H,4-8H2,1-3H3,(H,13,15). The fourth-order valence-electron chi connectivity index (χ4n) is 1.69. The Bertz CT molecular complexity index is 241. The van der Waals surface area contributed by atoms with Crippen LogP contribution in [0.4, 0.5) is 0 Å². The Morgan fingerprint density at radius 1 is 1.35 bits per heavy atom. The lowest BCUT2D eigenvalue weighted by molar-refractivity contribution is -0.146. The van der Waals surface area contributed by atoms with Crippen molar-refractivity contribution in [3.8, 4) is 0 Å². The van der Waals surface area contributed by atoms with E-state index in [2.05, 4.69) is 10.1 Å². The van der Waals surface area contributed by atoms with Crippen molar-refractivity contribution in [1.82, 2.24) is 5.32 Å². The molecule has 5 heteroatoms. The third kappa shape index (κ3) is 8.68. The van der Waals surface area contributed by atoms with Gasteiger partial charge in [0.25, 0.3) is 0 Å². The highest BCUT2D eigenvalue weighted by Crippen LogP contribution is 2.16. The number of amides is 1. The summed E-state index contributed by atoms with van der Waals surface area (Å²) in [6.45, 7) is 3.76. The summed E-state index contributed by atoms with van der Waals surface area (Å²) in [5, 5.41) is 12.0. The van der Waals surface area contributed by atoms with Crippen LogP contribution in [0.25, 0.3) is 0 Å². The minimum atomic E-state index is -0.505. The average Bonchev–Trinajstić information content (AvgIpc) is 2.25. The number of aliphatic hydroxyl groups excluding tert-OH is 1. The maximum Gasteiger partial charge on any atom is 0.308 e. The van der Waals surface area contributed by atoms with E-state index >= 15 is 0 Å². The van der Waals surface area contributed by atoms with Gasteiger partial charge in [-0.25, -0.2) is 0 Å². The first-order chi connectivity index (χ1) is 7.97. The number of rotatable bonds is 8. The Kier molecular flexibility index (Phi) is 8.40. The second kappa shape index (κ2) is 8.98. The van der Waals surface area contributed by atoms with E-state index in [1.165, 1.54) is 14.0 Å². The number of hydrogen-bond donors (Lipinski definition) is 2. The van der Waals surface area contributed by atoms with Crippen molar-refractivity contribution < 1.29 is 19.4 Å². The number of carbonyl (C=O) groups is 2. The van der Waals surface area contributed by atoms with Gasteiger partial charge in [0.1, 0.15) is 0 Å². The first kappa shape index (κ1) is 15.9. The molecular weight excluding hydrogens is 222 g/mol. The van der Waals surface area contributed by atoms with Gasteiger partial charge in [0.05, 0.1) is 19.1 Å². The van der Waals surface area contributed by atoms with Crippen molar-refractivity contribution >= 4 is 11.9 Å². The van der Waals surface area contributed by atoms with Gasteiger partial charge in [0.2, 0.25) is 5.91 Å². The monoisotopic (exact) mass is 245 g/mol. The predicted octanol–water partition coefficient (Wildman–Crippen LogP) is 0.853. The van der Waals surface area contributed by atoms with E-state index in [9.17, 15) is 14.7 Å². The molecule has 0 heterocycles. The largest absolute Gasteiger partial charge is 0.469 e. The zero-order chi connectivity index (χ0) is 13.3. The van der Waals surface area contributed by atoms with Gasteiger partial charge < -0.3 is 15.2 Å². The quantitative estimate of drug-likeness (QED) is 0.491. The molecule has 0 aromatic rings. The number of esters is 1. The van der Waals surface area contributed by atoms with Gasteiger partial charge in [-0.05, 0) is 26.2 Å². The summed E-state index contributed by atoms with van der Waals surface area (Å²) < 4.78 is 4.69. The van der Waals surface area contributed by atoms with Gasteiger partial charge in [0.15, 0.2) is 0 Å². The maximum absolute atomic E-state index is 11.4. The van der Waals surface area contributed by atoms with Crippen LogP contribution in [0.5, 0.6) is 0 Å². The van der Waals surface area contributed by atoms with Gasteiger partial charge in [-0.15, -0.1) is 0 Å². The Hall–Kier alpha value is -1.10. The number of hydrogen-bond acceptors (Lipinski definition) is 4. The second-order valence-corrected chi connectivity index (χ2v) is 4.28. The molecule has 0 saturated heterocycles. The molecule has 0 aliphatic carbocycles. The lowest BCUT2D eigenvalue weighted by atomic mass is 9.96. The van der Waals surface area contributed by atoms with Crippen LogP contribution in [0, 0.1) is 5.92 Å². The van der Waals surface area contributed by atoms with E-state index in [0.29, 0.717) is 19.4 Å². The molecule has 1 amide bonds. The molecule has 0 aliphatic rings. The minimum Gasteiger partial charge on any atom is -0.469 e. The van der Waals surface area contributed by atoms with Crippen molar-refractivity contribution in [3.63, 3.8) is 0 Å². The number of carbonyl (C=O) groups excluding carboxylic acids is 2. The van der Waals surface area contributed by atoms with Gasteiger partial charge in [-0.2, -0.15) is 0 Å². The fourth-order valence-corrected chi connectivity index (χ4v) is 1.69. The SMILES string of the molecule is COC(=O)C(CCCCNC(C)=O)CC(C)O. The van der Waals surface area contributed by atoms with E-state index < -0.39 is 6.10 Å². The number of aliphatic hydroxyl groups is 1. The van der Waals surface area contributed by atoms with Crippen LogP contribution in [0.15, 0.2) is 0 Å². The second-order valence-electron chi connectivity index (χ2n) is 4.28. The maximum atomic E-state index is 11.4. The average molecular weight is 245 g/mol. The number of nitrogens with one attached hydrogen (secondary N) is 1. The van der Waals surface area contributed by atoms with Gasteiger partial charge in [-0.1, -0.05) is 6.42 Å². The normalized spacial score (nSPS) is 13.9. The van der Waals surface area contributed by atoms with Gasteiger partial charge in [0, 0.05) is 13.5 Å². The molecule has 2 N–H and O–H groups in total. The lowest BCUT2D eigenvalue weighted by Gasteiger charge is -2.15. The highest BCUT2D eigenvalue weighted by molar-refractivity contribution is 5.72. The van der Waals surface area contributed by atoms with E-state index in [1.807, 2.05) is 0 Å². The lowest BCUT2D eigenvalue weighted by Crippen LogP contribution is -2.23. The van der Waals surface area contributed by atoms with Crippen LogP contribution in [-0.4, -0.2) is 36.7 Å². The molecular formula is C12H23NO4. The van der Waals surface area contributed by atoms with E-state index in [4.69, 9.17) is 0 Å². The van der Waals surface area contributed by atoms with Crippen molar-refractivity contribution in [3.05, 3.63) is 0 Å². The molecule has 17 heavy (non-hydrogen) atoms. The van der Waals surface area contributed by atoms with Gasteiger partial charge in [-0.3, -0.25) is 9.59 Å². The summed E-state index contributed by atoms with van der Waals surface area (Å²) in [7, 11) is 1.36. The van der Waals surface area contributed by atoms with Crippen LogP contribution in [-0.2, 0) is 14.3 Å². The molecule has 2 atom stereocenters. The zero-order valence-corrected chi connectivity index (χ0v) is 10.9. The summed E-state index contributed by atoms with van der Waals surface area (Å²) in [5.74, 6) is -0.568. The molecule has 0 fully saturated rings. The molecule has 100 valence electrons. The fraction of sp³-hybridized carbons (Fsp3) is 0.833. The summed E-state index contributed by atoms with van der Waals surface area (Å²) in [6, 6.07) is 0. The summed E-state index contributed by atoms with van der Waals surface area (Å²) >= 11 is 0. The number of unbranched alkanes of at least 4 members (excludes halogenated alkanes) is 1. The smallest absolute Gasteiger partial charge is 0.308 e. The van der Waals surface area contributed by atoms with E-state index in [0.717, 1.165) is 12.8 Å². The number of methoxy groups -OCH3 is 1. The summed E-state index contributed by atoms with van der Waals surface area (Å²) in [4.78, 5) is 22.0. The Labute approximate surface area is 103 Å². The van der Waals surface area contributed by atoms with Crippen LogP contribution < -0.4 is 5.32 Å². The Morgan fingerprint density at radius 3 is 2.47 bits per heavy atom. The first-order valence-corrected chi connectivity index (χ1v) is 5.97. The minimum absolute atomic E-state index is 0.0431. The first-order valence-electron chi connectivity index (χ1n) is 5.97. The molecule has 0 aromatic carbocycles. The van der Waals surface area contributed by atoms with Crippen LogP contribution >= 0.6 is 0 Å². The molecule has 0 bridgehead atoms. The highest BCUT2D eigenvalue weighted by atomic mass is 16.5. The molecule has 0 spiro atoms. The topological polar surface area (TPSA) is 75.6 Å². The van der Waals surface area contributed by atoms with Crippen LogP contribution in [0.2, 0.25) is 0 Å². The summed E-state index contributed by atoms with van der Waals surface area (Å²) in [5.41, 5.74) is 0. The third-order valence-electron chi connectivity index (χ3n) is 2.51. The van der Waals surface area contributed by atoms with Crippen molar-refractivity contribution in [1.29, 1.82) is 0 Å². The van der Waals surface area contributed by atoms with E-state index in [-0.39, 0.29) is 17.8 Å². The molecule has 5 nitrogen and oxygen atoms in total. The molecule has 0 aromatic heterocycles.